The van der Waals surface area contributed by atoms with Gasteiger partial charge >= 0.3 is 5.97 Å². The molecule has 17 heavy (non-hydrogen) atoms. The van der Waals surface area contributed by atoms with Gasteiger partial charge in [-0.1, -0.05) is 19.3 Å². The number of carboxylic acids is 1. The second-order valence-corrected chi connectivity index (χ2v) is 5.66. The lowest BCUT2D eigenvalue weighted by Crippen LogP contribution is -2.47. The Morgan fingerprint density at radius 1 is 1.18 bits per heavy atom. The lowest BCUT2D eigenvalue weighted by Gasteiger charge is -2.31. The molecule has 0 aromatic carbocycles. The number of nitrogens with two attached hydrogens (primary N) is 1. The first-order chi connectivity index (χ1) is 8.12. The molecule has 1 aliphatic heterocycles. The lowest BCUT2D eigenvalue weighted by molar-refractivity contribution is -0.143. The number of hydrogen-bond donors (Lipinski definition) is 2. The van der Waals surface area contributed by atoms with Crippen LogP contribution in [0.5, 0.6) is 0 Å². The summed E-state index contributed by atoms with van der Waals surface area (Å²) in [6.45, 7) is 2.25. The zero-order valence-corrected chi connectivity index (χ0v) is 10.5. The first-order valence-corrected chi connectivity index (χ1v) is 6.88. The summed E-state index contributed by atoms with van der Waals surface area (Å²) >= 11 is 0. The van der Waals surface area contributed by atoms with Crippen LogP contribution >= 0.6 is 0 Å². The second kappa shape index (κ2) is 5.36. The predicted molar refractivity (Wildman–Crippen MR) is 66.9 cm³/mol. The molecule has 3 N–H and O–H groups in total. The fourth-order valence-corrected chi connectivity index (χ4v) is 3.19. The Hall–Kier alpha value is -0.610. The van der Waals surface area contributed by atoms with Crippen molar-refractivity contribution in [2.24, 2.45) is 5.73 Å². The molecule has 1 heterocycles. The normalized spacial score (nSPS) is 36.4. The number of carboxylic acid groups (broad SMARTS) is 1. The van der Waals surface area contributed by atoms with Gasteiger partial charge in [-0.05, 0) is 45.2 Å². The largest absolute Gasteiger partial charge is 0.480 e. The summed E-state index contributed by atoms with van der Waals surface area (Å²) in [5.74, 6) is -0.827. The number of hydrogen-bond acceptors (Lipinski definition) is 3. The minimum absolute atomic E-state index is 0.397. The van der Waals surface area contributed by atoms with Crippen molar-refractivity contribution < 1.29 is 9.90 Å². The predicted octanol–water partition coefficient (Wildman–Crippen LogP) is 1.59. The van der Waals surface area contributed by atoms with Crippen LogP contribution in [0.3, 0.4) is 0 Å². The van der Waals surface area contributed by atoms with E-state index in [9.17, 15) is 4.79 Å². The molecule has 1 saturated carbocycles. The van der Waals surface area contributed by atoms with E-state index in [-0.39, 0.29) is 0 Å². The maximum atomic E-state index is 11.1. The van der Waals surface area contributed by atoms with Crippen LogP contribution in [0.2, 0.25) is 0 Å². The van der Waals surface area contributed by atoms with Gasteiger partial charge in [0.15, 0.2) is 0 Å². The van der Waals surface area contributed by atoms with Crippen LogP contribution in [-0.4, -0.2) is 40.6 Å². The Labute approximate surface area is 103 Å². The quantitative estimate of drug-likeness (QED) is 0.769. The zero-order chi connectivity index (χ0) is 12.3. The average molecular weight is 240 g/mol. The molecule has 2 unspecified atom stereocenters. The van der Waals surface area contributed by atoms with Crippen LogP contribution in [0, 0.1) is 0 Å². The third-order valence-corrected chi connectivity index (χ3v) is 4.36. The summed E-state index contributed by atoms with van der Waals surface area (Å²) in [7, 11) is 0. The van der Waals surface area contributed by atoms with Crippen molar-refractivity contribution in [1.82, 2.24) is 4.90 Å². The van der Waals surface area contributed by atoms with E-state index in [1.165, 1.54) is 32.1 Å². The summed E-state index contributed by atoms with van der Waals surface area (Å²) in [6, 6.07) is 0.397. The molecular weight excluding hydrogens is 216 g/mol. The van der Waals surface area contributed by atoms with Crippen LogP contribution in [0.25, 0.3) is 0 Å². The topological polar surface area (TPSA) is 66.6 Å². The standard InChI is InChI=1S/C13H24N2O2/c14-13(12(16)17)7-6-11(10-13)15-8-4-2-1-3-5-9-15/h11H,1-10,14H2,(H,16,17). The molecule has 2 fully saturated rings. The van der Waals surface area contributed by atoms with E-state index in [0.29, 0.717) is 18.9 Å². The number of rotatable bonds is 2. The van der Waals surface area contributed by atoms with E-state index in [2.05, 4.69) is 4.90 Å². The van der Waals surface area contributed by atoms with Crippen molar-refractivity contribution in [3.05, 3.63) is 0 Å². The van der Waals surface area contributed by atoms with E-state index in [4.69, 9.17) is 10.8 Å². The maximum absolute atomic E-state index is 11.1. The third-order valence-electron chi connectivity index (χ3n) is 4.36. The van der Waals surface area contributed by atoms with Crippen LogP contribution in [-0.2, 0) is 4.79 Å². The Kier molecular flexibility index (Phi) is 4.05. The summed E-state index contributed by atoms with van der Waals surface area (Å²) < 4.78 is 0. The van der Waals surface area contributed by atoms with Crippen molar-refractivity contribution in [3.8, 4) is 0 Å². The smallest absolute Gasteiger partial charge is 0.323 e. The van der Waals surface area contributed by atoms with Gasteiger partial charge in [0.05, 0.1) is 0 Å². The fourth-order valence-electron chi connectivity index (χ4n) is 3.19. The minimum atomic E-state index is -0.965. The first-order valence-electron chi connectivity index (χ1n) is 6.88. The minimum Gasteiger partial charge on any atom is -0.480 e. The summed E-state index contributed by atoms with van der Waals surface area (Å²) in [5, 5.41) is 9.15. The Morgan fingerprint density at radius 3 is 2.29 bits per heavy atom. The SMILES string of the molecule is NC1(C(=O)O)CCC(N2CCCCCCC2)C1. The molecule has 98 valence electrons. The molecule has 2 aliphatic rings. The van der Waals surface area contributed by atoms with E-state index in [1.54, 1.807) is 0 Å². The molecule has 0 amide bonds. The summed E-state index contributed by atoms with van der Waals surface area (Å²) in [4.78, 5) is 13.6. The highest BCUT2D eigenvalue weighted by Gasteiger charge is 2.43. The second-order valence-electron chi connectivity index (χ2n) is 5.66. The van der Waals surface area contributed by atoms with Gasteiger partial charge in [-0.3, -0.25) is 4.79 Å². The molecule has 2 rings (SSSR count). The zero-order valence-electron chi connectivity index (χ0n) is 10.5. The van der Waals surface area contributed by atoms with Gasteiger partial charge in [0.2, 0.25) is 0 Å². The van der Waals surface area contributed by atoms with E-state index in [0.717, 1.165) is 19.5 Å². The molecule has 2 atom stereocenters. The van der Waals surface area contributed by atoms with Crippen molar-refractivity contribution >= 4 is 5.97 Å². The highest BCUT2D eigenvalue weighted by molar-refractivity contribution is 5.79. The lowest BCUT2D eigenvalue weighted by atomic mass is 9.99. The Bertz CT molecular complexity index is 275. The molecule has 1 saturated heterocycles. The van der Waals surface area contributed by atoms with Gasteiger partial charge in [-0.25, -0.2) is 0 Å². The van der Waals surface area contributed by atoms with E-state index < -0.39 is 11.5 Å². The molecule has 0 bridgehead atoms. The van der Waals surface area contributed by atoms with Crippen molar-refractivity contribution in [1.29, 1.82) is 0 Å². The van der Waals surface area contributed by atoms with Crippen LogP contribution in [0.4, 0.5) is 0 Å². The van der Waals surface area contributed by atoms with Crippen molar-refractivity contribution in [2.45, 2.75) is 62.9 Å². The third kappa shape index (κ3) is 2.99. The van der Waals surface area contributed by atoms with Crippen LogP contribution in [0.15, 0.2) is 0 Å². The monoisotopic (exact) mass is 240 g/mol. The van der Waals surface area contributed by atoms with Crippen molar-refractivity contribution in [3.63, 3.8) is 0 Å². The van der Waals surface area contributed by atoms with Gasteiger partial charge < -0.3 is 15.7 Å². The number of carbonyl (C=O) groups is 1. The molecule has 4 nitrogen and oxygen atoms in total. The van der Waals surface area contributed by atoms with Gasteiger partial charge in [0.25, 0.3) is 0 Å². The van der Waals surface area contributed by atoms with Crippen molar-refractivity contribution in [2.75, 3.05) is 13.1 Å². The van der Waals surface area contributed by atoms with Crippen LogP contribution < -0.4 is 5.73 Å². The molecule has 4 heteroatoms. The highest BCUT2D eigenvalue weighted by atomic mass is 16.4. The number of aliphatic carboxylic acids is 1. The summed E-state index contributed by atoms with van der Waals surface area (Å²) in [6.07, 6.45) is 8.69. The van der Waals surface area contributed by atoms with Gasteiger partial charge in [0, 0.05) is 6.04 Å². The maximum Gasteiger partial charge on any atom is 0.323 e. The molecule has 1 aliphatic carbocycles. The molecular formula is C13H24N2O2. The molecule has 0 radical (unpaired) electrons. The Balaban J connectivity index is 1.92. The molecule has 0 spiro atoms. The van der Waals surface area contributed by atoms with Gasteiger partial charge in [-0.15, -0.1) is 0 Å². The van der Waals surface area contributed by atoms with E-state index >= 15 is 0 Å². The first kappa shape index (κ1) is 12.8. The van der Waals surface area contributed by atoms with Gasteiger partial charge in [-0.2, -0.15) is 0 Å². The van der Waals surface area contributed by atoms with Crippen LogP contribution in [0.1, 0.15) is 51.4 Å². The Morgan fingerprint density at radius 2 is 1.76 bits per heavy atom. The van der Waals surface area contributed by atoms with Gasteiger partial charge in [0.1, 0.15) is 5.54 Å². The fraction of sp³-hybridized carbons (Fsp3) is 0.923. The molecule has 0 aromatic heterocycles. The molecule has 0 aromatic rings. The number of likely N-dealkylation sites (tertiary alicyclic amines) is 1. The highest BCUT2D eigenvalue weighted by Crippen LogP contribution is 2.32. The summed E-state index contributed by atoms with van der Waals surface area (Å²) in [5.41, 5.74) is 4.98. The average Bonchev–Trinajstić information content (AvgIpc) is 2.62. The van der Waals surface area contributed by atoms with E-state index in [1.807, 2.05) is 0 Å². The number of nitrogens with zero attached hydrogens (tertiary/aromatic N) is 1.